The summed E-state index contributed by atoms with van der Waals surface area (Å²) in [5.74, 6) is 0.476. The zero-order chi connectivity index (χ0) is 22.5. The molecule has 0 bridgehead atoms. The van der Waals surface area contributed by atoms with Crippen LogP contribution in [0.5, 0.6) is 5.75 Å². The monoisotopic (exact) mass is 428 g/mol. The van der Waals surface area contributed by atoms with Gasteiger partial charge in [0, 0.05) is 11.3 Å². The maximum absolute atomic E-state index is 14.8. The van der Waals surface area contributed by atoms with Crippen molar-refractivity contribution in [1.29, 1.82) is 0 Å². The van der Waals surface area contributed by atoms with Crippen LogP contribution in [0, 0.1) is 12.7 Å². The number of nitrogens with zero attached hydrogens (tertiary/aromatic N) is 2. The lowest BCUT2D eigenvalue weighted by molar-refractivity contribution is 0.130. The summed E-state index contributed by atoms with van der Waals surface area (Å²) in [6.45, 7) is 4.25. The standard InChI is InChI=1S/C27H25FN2O2/c1-19(29-32-18-21-9-5-4-6-10-21)24-17-27(22-13-15-23(31-3)16-14-22)30(20(24)2)26-12-8-7-11-25(26)28/h4-17H,18H2,1-3H3. The van der Waals surface area contributed by atoms with Gasteiger partial charge in [-0.25, -0.2) is 4.39 Å². The number of halogens is 1. The average Bonchev–Trinajstić information content (AvgIpc) is 3.17. The van der Waals surface area contributed by atoms with E-state index in [1.807, 2.05) is 85.1 Å². The Morgan fingerprint density at radius 1 is 0.938 bits per heavy atom. The molecule has 0 amide bonds. The fraction of sp³-hybridized carbons (Fsp3) is 0.148. The Hall–Kier alpha value is -3.86. The van der Waals surface area contributed by atoms with Crippen molar-refractivity contribution in [3.05, 3.63) is 108 Å². The van der Waals surface area contributed by atoms with E-state index in [4.69, 9.17) is 9.57 Å². The van der Waals surface area contributed by atoms with Gasteiger partial charge >= 0.3 is 0 Å². The first-order valence-corrected chi connectivity index (χ1v) is 10.4. The Labute approximate surface area is 187 Å². The molecule has 0 aliphatic carbocycles. The van der Waals surface area contributed by atoms with Crippen molar-refractivity contribution in [3.8, 4) is 22.7 Å². The smallest absolute Gasteiger partial charge is 0.147 e. The summed E-state index contributed by atoms with van der Waals surface area (Å²) in [5, 5.41) is 4.33. The molecule has 0 aliphatic heterocycles. The highest BCUT2D eigenvalue weighted by Gasteiger charge is 2.19. The quantitative estimate of drug-likeness (QED) is 0.247. The van der Waals surface area contributed by atoms with Gasteiger partial charge in [0.25, 0.3) is 0 Å². The summed E-state index contributed by atoms with van der Waals surface area (Å²) >= 11 is 0. The van der Waals surface area contributed by atoms with Crippen LogP contribution in [0.15, 0.2) is 90.1 Å². The van der Waals surface area contributed by atoms with Crippen molar-refractivity contribution < 1.29 is 14.0 Å². The minimum absolute atomic E-state index is 0.289. The molecule has 3 aromatic carbocycles. The lowest BCUT2D eigenvalue weighted by atomic mass is 10.1. The van der Waals surface area contributed by atoms with Gasteiger partial charge in [0.15, 0.2) is 0 Å². The van der Waals surface area contributed by atoms with Crippen LogP contribution < -0.4 is 4.74 Å². The second-order valence-corrected chi connectivity index (χ2v) is 7.48. The number of hydrogen-bond acceptors (Lipinski definition) is 3. The number of para-hydroxylation sites is 1. The summed E-state index contributed by atoms with van der Waals surface area (Å²) in [4.78, 5) is 5.59. The molecule has 162 valence electrons. The number of oxime groups is 1. The molecule has 1 aromatic heterocycles. The molecular formula is C27H25FN2O2. The Balaban J connectivity index is 1.75. The van der Waals surface area contributed by atoms with E-state index < -0.39 is 0 Å². The summed E-state index contributed by atoms with van der Waals surface area (Å²) in [6.07, 6.45) is 0. The minimum Gasteiger partial charge on any atom is -0.497 e. The zero-order valence-electron chi connectivity index (χ0n) is 18.4. The normalized spacial score (nSPS) is 11.4. The fourth-order valence-electron chi connectivity index (χ4n) is 3.72. The van der Waals surface area contributed by atoms with Crippen LogP contribution in [-0.4, -0.2) is 17.4 Å². The predicted molar refractivity (Wildman–Crippen MR) is 126 cm³/mol. The number of benzene rings is 3. The maximum Gasteiger partial charge on any atom is 0.147 e. The number of methoxy groups -OCH3 is 1. The molecule has 1 heterocycles. The Morgan fingerprint density at radius 2 is 1.62 bits per heavy atom. The second-order valence-electron chi connectivity index (χ2n) is 7.48. The first kappa shape index (κ1) is 21.4. The summed E-state index contributed by atoms with van der Waals surface area (Å²) < 4.78 is 22.0. The second kappa shape index (κ2) is 9.52. The third-order valence-electron chi connectivity index (χ3n) is 5.39. The minimum atomic E-state index is -0.289. The molecule has 0 N–H and O–H groups in total. The first-order valence-electron chi connectivity index (χ1n) is 10.4. The molecular weight excluding hydrogens is 403 g/mol. The van der Waals surface area contributed by atoms with Gasteiger partial charge in [-0.15, -0.1) is 0 Å². The van der Waals surface area contributed by atoms with Crippen molar-refractivity contribution in [2.75, 3.05) is 7.11 Å². The molecule has 32 heavy (non-hydrogen) atoms. The van der Waals surface area contributed by atoms with Gasteiger partial charge in [-0.3, -0.25) is 0 Å². The van der Waals surface area contributed by atoms with Crippen LogP contribution >= 0.6 is 0 Å². The molecule has 0 saturated heterocycles. The molecule has 4 rings (SSSR count). The van der Waals surface area contributed by atoms with Gasteiger partial charge in [-0.1, -0.05) is 47.6 Å². The average molecular weight is 429 g/mol. The van der Waals surface area contributed by atoms with Crippen molar-refractivity contribution in [3.63, 3.8) is 0 Å². The highest BCUT2D eigenvalue weighted by Crippen LogP contribution is 2.32. The topological polar surface area (TPSA) is 35.8 Å². The van der Waals surface area contributed by atoms with E-state index in [2.05, 4.69) is 5.16 Å². The maximum atomic E-state index is 14.8. The van der Waals surface area contributed by atoms with Crippen LogP contribution in [-0.2, 0) is 11.4 Å². The van der Waals surface area contributed by atoms with E-state index >= 15 is 0 Å². The summed E-state index contributed by atoms with van der Waals surface area (Å²) in [6, 6.07) is 26.4. The van der Waals surface area contributed by atoms with E-state index in [1.54, 1.807) is 19.2 Å². The molecule has 0 unspecified atom stereocenters. The molecule has 0 radical (unpaired) electrons. The Morgan fingerprint density at radius 3 is 2.31 bits per heavy atom. The first-order chi connectivity index (χ1) is 15.6. The van der Waals surface area contributed by atoms with Crippen LogP contribution in [0.2, 0.25) is 0 Å². The van der Waals surface area contributed by atoms with Gasteiger partial charge in [0.2, 0.25) is 0 Å². The number of aromatic nitrogens is 1. The lowest BCUT2D eigenvalue weighted by Crippen LogP contribution is -2.04. The van der Waals surface area contributed by atoms with Crippen LogP contribution in [0.25, 0.3) is 16.9 Å². The van der Waals surface area contributed by atoms with Gasteiger partial charge < -0.3 is 14.1 Å². The Kier molecular flexibility index (Phi) is 6.36. The van der Waals surface area contributed by atoms with Crippen LogP contribution in [0.1, 0.15) is 23.7 Å². The highest BCUT2D eigenvalue weighted by atomic mass is 19.1. The number of ether oxygens (including phenoxy) is 1. The van der Waals surface area contributed by atoms with E-state index in [1.165, 1.54) is 6.07 Å². The van der Waals surface area contributed by atoms with Gasteiger partial charge in [-0.2, -0.15) is 0 Å². The molecule has 4 nitrogen and oxygen atoms in total. The van der Waals surface area contributed by atoms with Crippen molar-refractivity contribution in [2.45, 2.75) is 20.5 Å². The zero-order valence-corrected chi connectivity index (χ0v) is 18.4. The molecule has 0 saturated carbocycles. The third kappa shape index (κ3) is 4.42. The van der Waals surface area contributed by atoms with E-state index in [-0.39, 0.29) is 5.82 Å². The summed E-state index contributed by atoms with van der Waals surface area (Å²) in [7, 11) is 1.63. The SMILES string of the molecule is COc1ccc(-c2cc(C(C)=NOCc3ccccc3)c(C)n2-c2ccccc2F)cc1. The van der Waals surface area contributed by atoms with Crippen molar-refractivity contribution >= 4 is 5.71 Å². The third-order valence-corrected chi connectivity index (χ3v) is 5.39. The summed E-state index contributed by atoms with van der Waals surface area (Å²) in [5.41, 5.74) is 5.84. The molecule has 4 aromatic rings. The molecule has 5 heteroatoms. The van der Waals surface area contributed by atoms with Gasteiger partial charge in [0.1, 0.15) is 18.2 Å². The molecule has 0 aliphatic rings. The van der Waals surface area contributed by atoms with E-state index in [0.717, 1.165) is 39.5 Å². The fourth-order valence-corrected chi connectivity index (χ4v) is 3.72. The highest BCUT2D eigenvalue weighted by molar-refractivity contribution is 6.01. The molecule has 0 spiro atoms. The van der Waals surface area contributed by atoms with Gasteiger partial charge in [-0.05, 0) is 67.4 Å². The predicted octanol–water partition coefficient (Wildman–Crippen LogP) is 6.54. The van der Waals surface area contributed by atoms with Crippen LogP contribution in [0.4, 0.5) is 4.39 Å². The Bertz CT molecular complexity index is 1230. The van der Waals surface area contributed by atoms with Crippen molar-refractivity contribution in [1.82, 2.24) is 4.57 Å². The largest absolute Gasteiger partial charge is 0.497 e. The van der Waals surface area contributed by atoms with Crippen molar-refractivity contribution in [2.24, 2.45) is 5.16 Å². The molecule has 0 atom stereocenters. The van der Waals surface area contributed by atoms with Gasteiger partial charge in [0.05, 0.1) is 24.2 Å². The van der Waals surface area contributed by atoms with E-state index in [0.29, 0.717) is 12.3 Å². The lowest BCUT2D eigenvalue weighted by Gasteiger charge is -2.13. The molecule has 0 fully saturated rings. The number of hydrogen-bond donors (Lipinski definition) is 0. The van der Waals surface area contributed by atoms with E-state index in [9.17, 15) is 4.39 Å². The van der Waals surface area contributed by atoms with Crippen LogP contribution in [0.3, 0.4) is 0 Å². The number of rotatable bonds is 7.